The van der Waals surface area contributed by atoms with E-state index in [4.69, 9.17) is 18.0 Å². The van der Waals surface area contributed by atoms with Crippen molar-refractivity contribution in [2.45, 2.75) is 12.8 Å². The number of benzene rings is 2. The molecule has 0 aromatic heterocycles. The quantitative estimate of drug-likeness (QED) is 0.850. The number of nitrogens with zero attached hydrogens (tertiary/aromatic N) is 1. The zero-order chi connectivity index (χ0) is 15.0. The lowest BCUT2D eigenvalue weighted by Crippen LogP contribution is -2.27. The molecule has 3 rings (SSSR count). The molecule has 0 fully saturated rings. The molecule has 1 amide bonds. The maximum Gasteiger partial charge on any atom is 0.256 e. The average molecular weight is 298 g/mol. The van der Waals surface area contributed by atoms with Crippen molar-refractivity contribution in [1.82, 2.24) is 4.90 Å². The highest BCUT2D eigenvalue weighted by Crippen LogP contribution is 2.32. The van der Waals surface area contributed by atoms with E-state index in [0.29, 0.717) is 22.7 Å². The fraction of sp³-hybridized carbons (Fsp3) is 0.125. The van der Waals surface area contributed by atoms with Gasteiger partial charge >= 0.3 is 0 Å². The van der Waals surface area contributed by atoms with E-state index in [9.17, 15) is 9.90 Å². The van der Waals surface area contributed by atoms with Crippen LogP contribution in [0.5, 0.6) is 0 Å². The van der Waals surface area contributed by atoms with Crippen molar-refractivity contribution in [3.05, 3.63) is 70.8 Å². The first kappa shape index (κ1) is 13.7. The largest absolute Gasteiger partial charge is 0.389 e. The molecule has 3 N–H and O–H groups in total. The molecule has 1 atom stereocenters. The lowest BCUT2D eigenvalue weighted by Gasteiger charge is -2.21. The zero-order valence-corrected chi connectivity index (χ0v) is 12.0. The van der Waals surface area contributed by atoms with Crippen molar-refractivity contribution in [3.63, 3.8) is 0 Å². The van der Waals surface area contributed by atoms with Gasteiger partial charge < -0.3 is 15.7 Å². The number of fused-ring (bicyclic) bond motifs is 1. The SMILES string of the molecule is NC(=S)c1cccc(CN2C(=O)c3ccccc3C2O)c1. The molecular weight excluding hydrogens is 284 g/mol. The van der Waals surface area contributed by atoms with Crippen LogP contribution in [0.4, 0.5) is 0 Å². The van der Waals surface area contributed by atoms with Gasteiger partial charge in [-0.05, 0) is 17.7 Å². The Morgan fingerprint density at radius 1 is 1.24 bits per heavy atom. The Morgan fingerprint density at radius 2 is 2.00 bits per heavy atom. The molecule has 0 spiro atoms. The zero-order valence-electron chi connectivity index (χ0n) is 11.2. The first-order valence-electron chi connectivity index (χ1n) is 6.54. The molecular formula is C16H14N2O2S. The van der Waals surface area contributed by atoms with E-state index in [2.05, 4.69) is 0 Å². The fourth-order valence-corrected chi connectivity index (χ4v) is 2.66. The molecule has 5 heteroatoms. The van der Waals surface area contributed by atoms with Crippen molar-refractivity contribution in [2.75, 3.05) is 0 Å². The molecule has 1 unspecified atom stereocenters. The molecule has 4 nitrogen and oxygen atoms in total. The molecule has 2 aromatic carbocycles. The van der Waals surface area contributed by atoms with E-state index in [1.54, 1.807) is 18.2 Å². The number of hydrogen-bond acceptors (Lipinski definition) is 3. The van der Waals surface area contributed by atoms with Gasteiger partial charge in [0.1, 0.15) is 4.99 Å². The van der Waals surface area contributed by atoms with Crippen LogP contribution in [0.15, 0.2) is 48.5 Å². The van der Waals surface area contributed by atoms with E-state index < -0.39 is 6.23 Å². The summed E-state index contributed by atoms with van der Waals surface area (Å²) in [6, 6.07) is 14.5. The minimum atomic E-state index is -0.915. The predicted octanol–water partition coefficient (Wildman–Crippen LogP) is 1.97. The van der Waals surface area contributed by atoms with Gasteiger partial charge in [0.25, 0.3) is 5.91 Å². The summed E-state index contributed by atoms with van der Waals surface area (Å²) in [7, 11) is 0. The van der Waals surface area contributed by atoms with Crippen LogP contribution >= 0.6 is 12.2 Å². The Balaban J connectivity index is 1.88. The van der Waals surface area contributed by atoms with Crippen LogP contribution < -0.4 is 5.73 Å². The third-order valence-electron chi connectivity index (χ3n) is 3.59. The molecule has 1 aliphatic heterocycles. The van der Waals surface area contributed by atoms with Gasteiger partial charge in [0.15, 0.2) is 6.23 Å². The van der Waals surface area contributed by atoms with Crippen LogP contribution in [0.2, 0.25) is 0 Å². The smallest absolute Gasteiger partial charge is 0.256 e. The van der Waals surface area contributed by atoms with Crippen molar-refractivity contribution in [1.29, 1.82) is 0 Å². The number of aliphatic hydroxyl groups excluding tert-OH is 1. The topological polar surface area (TPSA) is 66.6 Å². The monoisotopic (exact) mass is 298 g/mol. The highest BCUT2D eigenvalue weighted by atomic mass is 32.1. The minimum absolute atomic E-state index is 0.168. The summed E-state index contributed by atoms with van der Waals surface area (Å²) in [5, 5.41) is 10.3. The third-order valence-corrected chi connectivity index (χ3v) is 3.83. The summed E-state index contributed by atoms with van der Waals surface area (Å²) >= 11 is 4.96. The molecule has 106 valence electrons. The normalized spacial score (nSPS) is 16.9. The maximum atomic E-state index is 12.3. The Morgan fingerprint density at radius 3 is 2.71 bits per heavy atom. The number of thiocarbonyl (C=S) groups is 1. The fourth-order valence-electron chi connectivity index (χ4n) is 2.53. The predicted molar refractivity (Wildman–Crippen MR) is 83.6 cm³/mol. The Hall–Kier alpha value is -2.24. The second kappa shape index (κ2) is 5.27. The van der Waals surface area contributed by atoms with Gasteiger partial charge in [-0.3, -0.25) is 4.79 Å². The average Bonchev–Trinajstić information content (AvgIpc) is 2.73. The van der Waals surface area contributed by atoms with Gasteiger partial charge in [0.05, 0.1) is 0 Å². The van der Waals surface area contributed by atoms with Crippen LogP contribution in [0.25, 0.3) is 0 Å². The lowest BCUT2D eigenvalue weighted by atomic mass is 10.1. The number of nitrogens with two attached hydrogens (primary N) is 1. The highest BCUT2D eigenvalue weighted by Gasteiger charge is 2.34. The Labute approximate surface area is 127 Å². The summed E-state index contributed by atoms with van der Waals surface area (Å²) in [5.74, 6) is -0.168. The number of hydrogen-bond donors (Lipinski definition) is 2. The summed E-state index contributed by atoms with van der Waals surface area (Å²) < 4.78 is 0. The molecule has 0 saturated carbocycles. The molecule has 1 aliphatic rings. The molecule has 1 heterocycles. The van der Waals surface area contributed by atoms with Crippen LogP contribution in [0.3, 0.4) is 0 Å². The molecule has 2 aromatic rings. The van der Waals surface area contributed by atoms with Crippen LogP contribution in [-0.2, 0) is 6.54 Å². The summed E-state index contributed by atoms with van der Waals surface area (Å²) in [4.78, 5) is 14.1. The van der Waals surface area contributed by atoms with E-state index in [1.807, 2.05) is 30.3 Å². The first-order valence-corrected chi connectivity index (χ1v) is 6.95. The second-order valence-corrected chi connectivity index (χ2v) is 5.40. The molecule has 0 aliphatic carbocycles. The lowest BCUT2D eigenvalue weighted by molar-refractivity contribution is 0.0137. The summed E-state index contributed by atoms with van der Waals surface area (Å²) in [6.07, 6.45) is -0.915. The highest BCUT2D eigenvalue weighted by molar-refractivity contribution is 7.80. The molecule has 0 bridgehead atoms. The summed E-state index contributed by atoms with van der Waals surface area (Å²) in [6.45, 7) is 0.311. The number of rotatable bonds is 3. The van der Waals surface area contributed by atoms with Crippen molar-refractivity contribution < 1.29 is 9.90 Å². The van der Waals surface area contributed by atoms with Crippen LogP contribution in [-0.4, -0.2) is 20.9 Å². The number of carbonyl (C=O) groups excluding carboxylic acids is 1. The van der Waals surface area contributed by atoms with Gasteiger partial charge in [-0.25, -0.2) is 0 Å². The van der Waals surface area contributed by atoms with Crippen LogP contribution in [0, 0.1) is 0 Å². The number of aliphatic hydroxyl groups is 1. The third kappa shape index (κ3) is 2.41. The maximum absolute atomic E-state index is 12.3. The Bertz CT molecular complexity index is 730. The Kier molecular flexibility index (Phi) is 3.45. The van der Waals surface area contributed by atoms with E-state index in [1.165, 1.54) is 4.90 Å². The standard InChI is InChI=1S/C16H14N2O2S/c17-14(21)11-5-3-4-10(8-11)9-18-15(19)12-6-1-2-7-13(12)16(18)20/h1-8,15,19H,9H2,(H2,17,21). The van der Waals surface area contributed by atoms with Crippen LogP contribution in [0.1, 0.15) is 33.3 Å². The van der Waals surface area contributed by atoms with Gasteiger partial charge in [-0.1, -0.05) is 48.6 Å². The van der Waals surface area contributed by atoms with Gasteiger partial charge in [0, 0.05) is 23.2 Å². The van der Waals surface area contributed by atoms with Crippen molar-refractivity contribution in [2.24, 2.45) is 5.73 Å². The minimum Gasteiger partial charge on any atom is -0.389 e. The van der Waals surface area contributed by atoms with Gasteiger partial charge in [-0.15, -0.1) is 0 Å². The van der Waals surface area contributed by atoms with Gasteiger partial charge in [-0.2, -0.15) is 0 Å². The summed E-state index contributed by atoms with van der Waals surface area (Å²) in [5.41, 5.74) is 8.44. The van der Waals surface area contributed by atoms with Gasteiger partial charge in [0.2, 0.25) is 0 Å². The first-order chi connectivity index (χ1) is 10.1. The van der Waals surface area contributed by atoms with E-state index in [0.717, 1.165) is 11.1 Å². The molecule has 0 saturated heterocycles. The van der Waals surface area contributed by atoms with Crippen molar-refractivity contribution in [3.8, 4) is 0 Å². The van der Waals surface area contributed by atoms with Crippen molar-refractivity contribution >= 4 is 23.1 Å². The van der Waals surface area contributed by atoms with E-state index in [-0.39, 0.29) is 5.91 Å². The number of amides is 1. The van der Waals surface area contributed by atoms with E-state index >= 15 is 0 Å². The molecule has 21 heavy (non-hydrogen) atoms. The molecule has 0 radical (unpaired) electrons. The number of carbonyl (C=O) groups is 1. The second-order valence-electron chi connectivity index (χ2n) is 4.96.